The zero-order valence-corrected chi connectivity index (χ0v) is 12.1. The Bertz CT molecular complexity index is 747. The molecule has 2 aromatic rings. The van der Waals surface area contributed by atoms with E-state index in [0.717, 1.165) is 18.5 Å². The maximum Gasteiger partial charge on any atom is 0.262 e. The van der Waals surface area contributed by atoms with E-state index < -0.39 is 0 Å². The molecule has 0 aliphatic heterocycles. The molecular weight excluding hydrogens is 276 g/mol. The first-order valence-electron chi connectivity index (χ1n) is 7.30. The maximum absolute atomic E-state index is 12.0. The first kappa shape index (κ1) is 14.2. The van der Waals surface area contributed by atoms with E-state index in [1.165, 1.54) is 17.5 Å². The predicted octanol–water partition coefficient (Wildman–Crippen LogP) is 3.06. The Kier molecular flexibility index (Phi) is 4.06. The van der Waals surface area contributed by atoms with Crippen LogP contribution in [0.2, 0.25) is 0 Å². The molecule has 0 saturated heterocycles. The Hall–Kier alpha value is -2.80. The highest BCUT2D eigenvalue weighted by atomic mass is 16.5. The molecule has 1 N–H and O–H groups in total. The number of carbonyl (C=O) groups excluding carboxylic acids is 1. The van der Waals surface area contributed by atoms with Crippen LogP contribution in [0.4, 0.5) is 5.69 Å². The average Bonchev–Trinajstić information content (AvgIpc) is 3.01. The number of hydrogen-bond acceptors (Lipinski definition) is 3. The molecule has 2 aromatic carbocycles. The molecular formula is C18H16N2O2. The van der Waals surface area contributed by atoms with Gasteiger partial charge in [0.2, 0.25) is 0 Å². The second kappa shape index (κ2) is 6.31. The highest BCUT2D eigenvalue weighted by Gasteiger charge is 2.12. The summed E-state index contributed by atoms with van der Waals surface area (Å²) in [7, 11) is 0. The third-order valence-corrected chi connectivity index (χ3v) is 3.75. The highest BCUT2D eigenvalue weighted by molar-refractivity contribution is 5.92. The number of aryl methyl sites for hydroxylation is 2. The van der Waals surface area contributed by atoms with Crippen LogP contribution >= 0.6 is 0 Å². The van der Waals surface area contributed by atoms with Gasteiger partial charge in [0, 0.05) is 5.69 Å². The lowest BCUT2D eigenvalue weighted by Gasteiger charge is -2.09. The summed E-state index contributed by atoms with van der Waals surface area (Å²) in [6, 6.07) is 14.9. The van der Waals surface area contributed by atoms with Crippen LogP contribution in [0.5, 0.6) is 5.75 Å². The molecule has 3 rings (SSSR count). The van der Waals surface area contributed by atoms with Crippen LogP contribution in [-0.4, -0.2) is 12.5 Å². The van der Waals surface area contributed by atoms with Gasteiger partial charge in [-0.05, 0) is 54.7 Å². The van der Waals surface area contributed by atoms with Crippen molar-refractivity contribution in [1.29, 1.82) is 5.26 Å². The van der Waals surface area contributed by atoms with Crippen LogP contribution in [0.15, 0.2) is 42.5 Å². The number of nitriles is 1. The van der Waals surface area contributed by atoms with Crippen molar-refractivity contribution in [1.82, 2.24) is 0 Å². The average molecular weight is 292 g/mol. The van der Waals surface area contributed by atoms with Crippen molar-refractivity contribution in [2.24, 2.45) is 0 Å². The molecule has 4 nitrogen and oxygen atoms in total. The summed E-state index contributed by atoms with van der Waals surface area (Å²) in [6.07, 6.45) is 3.38. The smallest absolute Gasteiger partial charge is 0.262 e. The Morgan fingerprint density at radius 1 is 1.18 bits per heavy atom. The minimum atomic E-state index is -0.231. The molecule has 22 heavy (non-hydrogen) atoms. The van der Waals surface area contributed by atoms with Gasteiger partial charge in [-0.25, -0.2) is 0 Å². The Morgan fingerprint density at radius 2 is 2.00 bits per heavy atom. The fourth-order valence-corrected chi connectivity index (χ4v) is 2.67. The summed E-state index contributed by atoms with van der Waals surface area (Å²) >= 11 is 0. The standard InChI is InChI=1S/C18H16N2O2/c19-11-15-4-1-2-7-17(15)22-12-18(21)20-16-9-8-13-5-3-6-14(13)10-16/h1-2,4,7-10H,3,5-6,12H2,(H,20,21). The molecule has 0 aromatic heterocycles. The minimum absolute atomic E-state index is 0.115. The number of carbonyl (C=O) groups is 1. The molecule has 4 heteroatoms. The number of fused-ring (bicyclic) bond motifs is 1. The summed E-state index contributed by atoms with van der Waals surface area (Å²) in [6.45, 7) is -0.115. The van der Waals surface area contributed by atoms with Gasteiger partial charge in [-0.3, -0.25) is 4.79 Å². The molecule has 1 aliphatic carbocycles. The second-order valence-corrected chi connectivity index (χ2v) is 5.28. The van der Waals surface area contributed by atoms with Crippen molar-refractivity contribution in [3.05, 3.63) is 59.2 Å². The van der Waals surface area contributed by atoms with Crippen molar-refractivity contribution < 1.29 is 9.53 Å². The molecule has 0 atom stereocenters. The number of amides is 1. The molecule has 0 fully saturated rings. The second-order valence-electron chi connectivity index (χ2n) is 5.28. The molecule has 0 spiro atoms. The van der Waals surface area contributed by atoms with Gasteiger partial charge in [-0.15, -0.1) is 0 Å². The van der Waals surface area contributed by atoms with Crippen LogP contribution in [0.25, 0.3) is 0 Å². The van der Waals surface area contributed by atoms with E-state index in [2.05, 4.69) is 11.4 Å². The van der Waals surface area contributed by atoms with Gasteiger partial charge in [0.1, 0.15) is 11.8 Å². The van der Waals surface area contributed by atoms with Crippen LogP contribution in [0.3, 0.4) is 0 Å². The number of rotatable bonds is 4. The number of benzene rings is 2. The first-order chi connectivity index (χ1) is 10.8. The number of anilines is 1. The van der Waals surface area contributed by atoms with Gasteiger partial charge in [-0.1, -0.05) is 18.2 Å². The molecule has 1 amide bonds. The summed E-state index contributed by atoms with van der Waals surface area (Å²) in [5.41, 5.74) is 3.90. The van der Waals surface area contributed by atoms with Crippen molar-refractivity contribution in [2.45, 2.75) is 19.3 Å². The molecule has 1 aliphatic rings. The van der Waals surface area contributed by atoms with Gasteiger partial charge in [0.25, 0.3) is 5.91 Å². The van der Waals surface area contributed by atoms with Crippen LogP contribution < -0.4 is 10.1 Å². The van der Waals surface area contributed by atoms with Gasteiger partial charge >= 0.3 is 0 Å². The molecule has 110 valence electrons. The zero-order valence-electron chi connectivity index (χ0n) is 12.1. The van der Waals surface area contributed by atoms with Gasteiger partial charge in [0.15, 0.2) is 6.61 Å². The van der Waals surface area contributed by atoms with Gasteiger partial charge < -0.3 is 10.1 Å². The molecule has 0 radical (unpaired) electrons. The largest absolute Gasteiger partial charge is 0.482 e. The van der Waals surface area contributed by atoms with Crippen LogP contribution in [0, 0.1) is 11.3 Å². The third-order valence-electron chi connectivity index (χ3n) is 3.75. The molecule has 0 saturated carbocycles. The number of para-hydroxylation sites is 1. The fraction of sp³-hybridized carbons (Fsp3) is 0.222. The Labute approximate surface area is 129 Å². The number of nitrogens with zero attached hydrogens (tertiary/aromatic N) is 1. The Morgan fingerprint density at radius 3 is 2.86 bits per heavy atom. The van der Waals surface area contributed by atoms with Crippen LogP contribution in [0.1, 0.15) is 23.1 Å². The fourth-order valence-electron chi connectivity index (χ4n) is 2.67. The van der Waals surface area contributed by atoms with Gasteiger partial charge in [-0.2, -0.15) is 5.26 Å². The SMILES string of the molecule is N#Cc1ccccc1OCC(=O)Nc1ccc2c(c1)CCC2. The summed E-state index contributed by atoms with van der Waals surface area (Å²) in [5, 5.41) is 11.8. The number of hydrogen-bond donors (Lipinski definition) is 1. The topological polar surface area (TPSA) is 62.1 Å². The quantitative estimate of drug-likeness (QED) is 0.942. The maximum atomic E-state index is 12.0. The van der Waals surface area contributed by atoms with E-state index in [-0.39, 0.29) is 12.5 Å². The van der Waals surface area contributed by atoms with Crippen LogP contribution in [-0.2, 0) is 17.6 Å². The van der Waals surface area contributed by atoms with Gasteiger partial charge in [0.05, 0.1) is 5.56 Å². The molecule has 0 bridgehead atoms. The lowest BCUT2D eigenvalue weighted by molar-refractivity contribution is -0.118. The van der Waals surface area contributed by atoms with Crippen molar-refractivity contribution in [3.8, 4) is 11.8 Å². The summed E-state index contributed by atoms with van der Waals surface area (Å²) < 4.78 is 5.42. The summed E-state index contributed by atoms with van der Waals surface area (Å²) in [5.74, 6) is 0.194. The van der Waals surface area contributed by atoms with Crippen molar-refractivity contribution >= 4 is 11.6 Å². The van der Waals surface area contributed by atoms with E-state index >= 15 is 0 Å². The third kappa shape index (κ3) is 3.09. The first-order valence-corrected chi connectivity index (χ1v) is 7.30. The molecule has 0 heterocycles. The van der Waals surface area contributed by atoms with E-state index in [9.17, 15) is 4.79 Å². The van der Waals surface area contributed by atoms with Crippen molar-refractivity contribution in [3.63, 3.8) is 0 Å². The molecule has 0 unspecified atom stereocenters. The zero-order chi connectivity index (χ0) is 15.4. The van der Waals surface area contributed by atoms with E-state index in [4.69, 9.17) is 10.00 Å². The monoisotopic (exact) mass is 292 g/mol. The highest BCUT2D eigenvalue weighted by Crippen LogP contribution is 2.25. The lowest BCUT2D eigenvalue weighted by atomic mass is 10.1. The lowest BCUT2D eigenvalue weighted by Crippen LogP contribution is -2.20. The number of nitrogens with one attached hydrogen (secondary N) is 1. The Balaban J connectivity index is 1.60. The normalized spacial score (nSPS) is 12.3. The minimum Gasteiger partial charge on any atom is -0.482 e. The summed E-state index contributed by atoms with van der Waals surface area (Å²) in [4.78, 5) is 12.0. The van der Waals surface area contributed by atoms with E-state index in [1.807, 2.05) is 18.2 Å². The predicted molar refractivity (Wildman–Crippen MR) is 83.7 cm³/mol. The van der Waals surface area contributed by atoms with Crippen molar-refractivity contribution in [2.75, 3.05) is 11.9 Å². The van der Waals surface area contributed by atoms with E-state index in [0.29, 0.717) is 11.3 Å². The number of ether oxygens (including phenoxy) is 1. The van der Waals surface area contributed by atoms with E-state index in [1.54, 1.807) is 24.3 Å².